The average Bonchev–Trinajstić information content (AvgIpc) is 2.92. The molecule has 3 rings (SSSR count). The number of rotatable bonds is 3. The van der Waals surface area contributed by atoms with Crippen molar-refractivity contribution in [2.75, 3.05) is 31.5 Å². The van der Waals surface area contributed by atoms with Crippen molar-refractivity contribution in [3.63, 3.8) is 0 Å². The summed E-state index contributed by atoms with van der Waals surface area (Å²) in [6.07, 6.45) is 1.51. The Hall–Kier alpha value is -2.83. The van der Waals surface area contributed by atoms with Gasteiger partial charge in [0.1, 0.15) is 0 Å². The van der Waals surface area contributed by atoms with Gasteiger partial charge in [-0.1, -0.05) is 0 Å². The Morgan fingerprint density at radius 2 is 1.91 bits per heavy atom. The predicted octanol–water partition coefficient (Wildman–Crippen LogP) is -0.316. The molecule has 22 heavy (non-hydrogen) atoms. The third kappa shape index (κ3) is 3.08. The first kappa shape index (κ1) is 14.1. The summed E-state index contributed by atoms with van der Waals surface area (Å²) in [7, 11) is 0. The largest absolute Gasteiger partial charge is 0.357 e. The molecule has 3 amide bonds. The molecule has 1 fully saturated rings. The maximum absolute atomic E-state index is 12.3. The molecule has 1 aromatic rings. The molecule has 0 aliphatic carbocycles. The van der Waals surface area contributed by atoms with Crippen LogP contribution in [0.3, 0.4) is 0 Å². The fraction of sp³-hybridized carbons (Fsp3) is 0.267. The minimum absolute atomic E-state index is 0.0967. The SMILES string of the molecule is O=C1C=C(Nc2ccc(C(=O)N3CCNC(=O)C3)cc2)CN1. The summed E-state index contributed by atoms with van der Waals surface area (Å²) >= 11 is 0. The van der Waals surface area contributed by atoms with Crippen LogP contribution >= 0.6 is 0 Å². The van der Waals surface area contributed by atoms with Crippen LogP contribution in [-0.4, -0.2) is 48.8 Å². The highest BCUT2D eigenvalue weighted by molar-refractivity contribution is 5.97. The highest BCUT2D eigenvalue weighted by atomic mass is 16.2. The van der Waals surface area contributed by atoms with E-state index in [1.807, 2.05) is 0 Å². The maximum atomic E-state index is 12.3. The van der Waals surface area contributed by atoms with E-state index in [2.05, 4.69) is 16.0 Å². The number of hydrogen-bond acceptors (Lipinski definition) is 4. The average molecular weight is 300 g/mol. The number of nitrogens with zero attached hydrogens (tertiary/aromatic N) is 1. The highest BCUT2D eigenvalue weighted by Crippen LogP contribution is 2.15. The summed E-state index contributed by atoms with van der Waals surface area (Å²) < 4.78 is 0. The molecule has 2 heterocycles. The summed E-state index contributed by atoms with van der Waals surface area (Å²) in [5.74, 6) is -0.403. The fourth-order valence-corrected chi connectivity index (χ4v) is 2.40. The Kier molecular flexibility index (Phi) is 3.78. The number of carbonyl (C=O) groups excluding carboxylic acids is 3. The van der Waals surface area contributed by atoms with Gasteiger partial charge >= 0.3 is 0 Å². The van der Waals surface area contributed by atoms with Crippen LogP contribution in [0.15, 0.2) is 36.0 Å². The van der Waals surface area contributed by atoms with Gasteiger partial charge in [-0.2, -0.15) is 0 Å². The van der Waals surface area contributed by atoms with Crippen molar-refractivity contribution >= 4 is 23.4 Å². The molecule has 1 aromatic carbocycles. The number of benzene rings is 1. The molecule has 0 radical (unpaired) electrons. The third-order valence-corrected chi connectivity index (χ3v) is 3.52. The van der Waals surface area contributed by atoms with Gasteiger partial charge in [0, 0.05) is 36.1 Å². The van der Waals surface area contributed by atoms with E-state index >= 15 is 0 Å². The van der Waals surface area contributed by atoms with Crippen molar-refractivity contribution < 1.29 is 14.4 Å². The lowest BCUT2D eigenvalue weighted by Crippen LogP contribution is -2.49. The fourth-order valence-electron chi connectivity index (χ4n) is 2.40. The van der Waals surface area contributed by atoms with Crippen molar-refractivity contribution in [1.29, 1.82) is 0 Å². The van der Waals surface area contributed by atoms with E-state index in [1.54, 1.807) is 24.3 Å². The van der Waals surface area contributed by atoms with Crippen LogP contribution in [0.4, 0.5) is 5.69 Å². The summed E-state index contributed by atoms with van der Waals surface area (Å²) in [6.45, 7) is 1.58. The molecule has 7 heteroatoms. The zero-order valence-corrected chi connectivity index (χ0v) is 11.9. The van der Waals surface area contributed by atoms with Crippen LogP contribution in [0.1, 0.15) is 10.4 Å². The van der Waals surface area contributed by atoms with Gasteiger partial charge in [-0.25, -0.2) is 0 Å². The molecular weight excluding hydrogens is 284 g/mol. The van der Waals surface area contributed by atoms with E-state index in [0.29, 0.717) is 25.2 Å². The number of nitrogens with one attached hydrogen (secondary N) is 3. The van der Waals surface area contributed by atoms with Crippen molar-refractivity contribution in [2.45, 2.75) is 0 Å². The zero-order chi connectivity index (χ0) is 15.5. The van der Waals surface area contributed by atoms with Gasteiger partial charge in [-0.3, -0.25) is 14.4 Å². The Bertz CT molecular complexity index is 651. The molecule has 0 atom stereocenters. The number of hydrogen-bond donors (Lipinski definition) is 3. The highest BCUT2D eigenvalue weighted by Gasteiger charge is 2.22. The second-order valence-corrected chi connectivity index (χ2v) is 5.17. The Balaban J connectivity index is 1.66. The van der Waals surface area contributed by atoms with E-state index in [1.165, 1.54) is 11.0 Å². The van der Waals surface area contributed by atoms with Gasteiger partial charge in [0.25, 0.3) is 5.91 Å². The predicted molar refractivity (Wildman–Crippen MR) is 80.1 cm³/mol. The lowest BCUT2D eigenvalue weighted by atomic mass is 10.1. The summed E-state index contributed by atoms with van der Waals surface area (Å²) in [4.78, 5) is 36.2. The van der Waals surface area contributed by atoms with Gasteiger partial charge in [-0.15, -0.1) is 0 Å². The Morgan fingerprint density at radius 3 is 2.55 bits per heavy atom. The van der Waals surface area contributed by atoms with Gasteiger partial charge in [0.15, 0.2) is 0 Å². The van der Waals surface area contributed by atoms with Gasteiger partial charge in [0.2, 0.25) is 11.8 Å². The van der Waals surface area contributed by atoms with Crippen molar-refractivity contribution in [3.8, 4) is 0 Å². The third-order valence-electron chi connectivity index (χ3n) is 3.52. The quantitative estimate of drug-likeness (QED) is 0.714. The first-order valence-corrected chi connectivity index (χ1v) is 7.03. The van der Waals surface area contributed by atoms with Crippen molar-refractivity contribution in [2.24, 2.45) is 0 Å². The first-order chi connectivity index (χ1) is 10.6. The van der Waals surface area contributed by atoms with Gasteiger partial charge < -0.3 is 20.9 Å². The molecule has 0 unspecified atom stereocenters. The van der Waals surface area contributed by atoms with E-state index < -0.39 is 0 Å². The Morgan fingerprint density at radius 1 is 1.14 bits per heavy atom. The molecule has 0 spiro atoms. The normalized spacial score (nSPS) is 17.6. The standard InChI is InChI=1S/C15H16N4O3/c20-13-7-12(8-17-13)18-11-3-1-10(2-4-11)15(22)19-6-5-16-14(21)9-19/h1-4,7,18H,5-6,8-9H2,(H,16,21)(H,17,20). The van der Waals surface area contributed by atoms with Crippen LogP contribution in [0.5, 0.6) is 0 Å². The number of piperazine rings is 1. The van der Waals surface area contributed by atoms with E-state index in [0.717, 1.165) is 11.4 Å². The second kappa shape index (κ2) is 5.88. The molecule has 0 aromatic heterocycles. The van der Waals surface area contributed by atoms with E-state index in [4.69, 9.17) is 0 Å². The molecule has 3 N–H and O–H groups in total. The van der Waals surface area contributed by atoms with E-state index in [9.17, 15) is 14.4 Å². The molecule has 2 aliphatic heterocycles. The number of carbonyl (C=O) groups is 3. The van der Waals surface area contributed by atoms with Crippen LogP contribution in [-0.2, 0) is 9.59 Å². The molecule has 0 bridgehead atoms. The number of amides is 3. The van der Waals surface area contributed by atoms with Crippen LogP contribution in [0.2, 0.25) is 0 Å². The topological polar surface area (TPSA) is 90.5 Å². The molecule has 114 valence electrons. The molecule has 7 nitrogen and oxygen atoms in total. The molecule has 2 aliphatic rings. The van der Waals surface area contributed by atoms with Crippen molar-refractivity contribution in [3.05, 3.63) is 41.6 Å². The number of anilines is 1. The lowest BCUT2D eigenvalue weighted by molar-refractivity contribution is -0.123. The van der Waals surface area contributed by atoms with E-state index in [-0.39, 0.29) is 24.3 Å². The molecule has 1 saturated heterocycles. The summed E-state index contributed by atoms with van der Waals surface area (Å²) in [6, 6.07) is 6.98. The van der Waals surface area contributed by atoms with Gasteiger partial charge in [0.05, 0.1) is 13.1 Å². The summed E-state index contributed by atoms with van der Waals surface area (Å²) in [5.41, 5.74) is 2.13. The first-order valence-electron chi connectivity index (χ1n) is 7.03. The second-order valence-electron chi connectivity index (χ2n) is 5.17. The van der Waals surface area contributed by atoms with Crippen LogP contribution in [0.25, 0.3) is 0 Å². The Labute approximate surface area is 127 Å². The molecule has 0 saturated carbocycles. The lowest BCUT2D eigenvalue weighted by Gasteiger charge is -2.26. The van der Waals surface area contributed by atoms with Crippen molar-refractivity contribution in [1.82, 2.24) is 15.5 Å². The maximum Gasteiger partial charge on any atom is 0.254 e. The minimum Gasteiger partial charge on any atom is -0.357 e. The van der Waals surface area contributed by atoms with Crippen LogP contribution < -0.4 is 16.0 Å². The monoisotopic (exact) mass is 300 g/mol. The van der Waals surface area contributed by atoms with Crippen LogP contribution in [0, 0.1) is 0 Å². The smallest absolute Gasteiger partial charge is 0.254 e. The molecular formula is C15H16N4O3. The summed E-state index contributed by atoms with van der Waals surface area (Å²) in [5, 5.41) is 8.48. The van der Waals surface area contributed by atoms with Gasteiger partial charge in [-0.05, 0) is 24.3 Å². The minimum atomic E-state index is -0.154. The zero-order valence-electron chi connectivity index (χ0n) is 11.9.